The van der Waals surface area contributed by atoms with Crippen molar-refractivity contribution in [3.8, 4) is 0 Å². The topological polar surface area (TPSA) is 74.6 Å². The van der Waals surface area contributed by atoms with Gasteiger partial charge >= 0.3 is 11.9 Å². The molecule has 0 aromatic heterocycles. The van der Waals surface area contributed by atoms with Crippen molar-refractivity contribution in [2.45, 2.75) is 40.5 Å². The lowest BCUT2D eigenvalue weighted by Crippen LogP contribution is -2.20. The first-order valence-electron chi connectivity index (χ1n) is 5.57. The molecule has 0 aromatic rings. The Morgan fingerprint density at radius 1 is 0.875 bits per heavy atom. The average Bonchev–Trinajstić information content (AvgIpc) is 2.22. The van der Waals surface area contributed by atoms with Crippen molar-refractivity contribution >= 4 is 11.9 Å². The van der Waals surface area contributed by atoms with Gasteiger partial charge in [-0.2, -0.15) is 0 Å². The summed E-state index contributed by atoms with van der Waals surface area (Å²) in [6, 6.07) is 0. The van der Waals surface area contributed by atoms with Crippen molar-refractivity contribution in [2.24, 2.45) is 11.8 Å². The van der Waals surface area contributed by atoms with Gasteiger partial charge in [-0.25, -0.2) is 9.59 Å². The first-order valence-corrected chi connectivity index (χ1v) is 5.57. The minimum atomic E-state index is -1.12. The molecule has 2 atom stereocenters. The van der Waals surface area contributed by atoms with Crippen LogP contribution in [0.4, 0.5) is 0 Å². The molecule has 0 heterocycles. The molecule has 2 N–H and O–H groups in total. The molecule has 0 spiro atoms. The Hall–Kier alpha value is -1.32. The summed E-state index contributed by atoms with van der Waals surface area (Å²) in [7, 11) is 0. The highest BCUT2D eigenvalue weighted by molar-refractivity contribution is 5.99. The SMILES string of the molecule is CCC(C)/C(C(=O)O)=C(/C(=O)O)C(C)CC. The summed E-state index contributed by atoms with van der Waals surface area (Å²) in [5.74, 6) is -2.71. The standard InChI is InChI=1S/C12H20O4/c1-5-7(3)9(11(13)14)10(12(15)16)8(4)6-2/h7-8H,5-6H2,1-4H3,(H,13,14)(H,15,16)/b10-9-. The molecule has 0 amide bonds. The first-order chi connectivity index (χ1) is 7.36. The van der Waals surface area contributed by atoms with E-state index >= 15 is 0 Å². The van der Waals surface area contributed by atoms with Crippen molar-refractivity contribution in [3.63, 3.8) is 0 Å². The first kappa shape index (κ1) is 14.7. The van der Waals surface area contributed by atoms with E-state index in [4.69, 9.17) is 10.2 Å². The second-order valence-corrected chi connectivity index (χ2v) is 4.06. The molecule has 0 saturated heterocycles. The highest BCUT2D eigenvalue weighted by atomic mass is 16.4. The number of carboxylic acid groups (broad SMARTS) is 2. The van der Waals surface area contributed by atoms with E-state index in [9.17, 15) is 9.59 Å². The van der Waals surface area contributed by atoms with Crippen LogP contribution in [-0.4, -0.2) is 22.2 Å². The summed E-state index contributed by atoms with van der Waals surface area (Å²) >= 11 is 0. The van der Waals surface area contributed by atoms with E-state index in [0.29, 0.717) is 12.8 Å². The monoisotopic (exact) mass is 228 g/mol. The predicted molar refractivity (Wildman–Crippen MR) is 61.2 cm³/mol. The van der Waals surface area contributed by atoms with Gasteiger partial charge in [0.15, 0.2) is 0 Å². The Morgan fingerprint density at radius 2 is 1.12 bits per heavy atom. The molecule has 2 unspecified atom stereocenters. The van der Waals surface area contributed by atoms with Crippen LogP contribution in [0.5, 0.6) is 0 Å². The molecule has 92 valence electrons. The van der Waals surface area contributed by atoms with E-state index < -0.39 is 11.9 Å². The third kappa shape index (κ3) is 3.36. The zero-order valence-electron chi connectivity index (χ0n) is 10.3. The average molecular weight is 228 g/mol. The molecule has 0 fully saturated rings. The molecule has 0 radical (unpaired) electrons. The summed E-state index contributed by atoms with van der Waals surface area (Å²) < 4.78 is 0. The van der Waals surface area contributed by atoms with Crippen LogP contribution in [0, 0.1) is 11.8 Å². The maximum absolute atomic E-state index is 11.1. The van der Waals surface area contributed by atoms with Crippen LogP contribution in [-0.2, 0) is 9.59 Å². The fourth-order valence-corrected chi connectivity index (χ4v) is 1.59. The Morgan fingerprint density at radius 3 is 1.25 bits per heavy atom. The van der Waals surface area contributed by atoms with Crippen LogP contribution < -0.4 is 0 Å². The fraction of sp³-hybridized carbons (Fsp3) is 0.667. The van der Waals surface area contributed by atoms with Gasteiger partial charge in [0.25, 0.3) is 0 Å². The maximum Gasteiger partial charge on any atom is 0.332 e. The molecule has 0 aromatic carbocycles. The lowest BCUT2D eigenvalue weighted by Gasteiger charge is -2.18. The fourth-order valence-electron chi connectivity index (χ4n) is 1.59. The second-order valence-electron chi connectivity index (χ2n) is 4.06. The maximum atomic E-state index is 11.1. The van der Waals surface area contributed by atoms with Gasteiger partial charge in [0, 0.05) is 0 Å². The Balaban J connectivity index is 5.63. The van der Waals surface area contributed by atoms with Crippen molar-refractivity contribution in [1.29, 1.82) is 0 Å². The van der Waals surface area contributed by atoms with Crippen LogP contribution in [0.25, 0.3) is 0 Å². The van der Waals surface area contributed by atoms with Crippen molar-refractivity contribution in [1.82, 2.24) is 0 Å². The molecular formula is C12H20O4. The van der Waals surface area contributed by atoms with Crippen LogP contribution in [0.1, 0.15) is 40.5 Å². The highest BCUT2D eigenvalue weighted by Gasteiger charge is 2.27. The molecule has 0 aliphatic heterocycles. The van der Waals surface area contributed by atoms with E-state index in [1.807, 2.05) is 13.8 Å². The summed E-state index contributed by atoms with van der Waals surface area (Å²) in [6.45, 7) is 7.19. The van der Waals surface area contributed by atoms with E-state index in [2.05, 4.69) is 0 Å². The van der Waals surface area contributed by atoms with Crippen LogP contribution in [0.3, 0.4) is 0 Å². The normalized spacial score (nSPS) is 16.2. The van der Waals surface area contributed by atoms with Gasteiger partial charge in [-0.3, -0.25) is 0 Å². The second kappa shape index (κ2) is 6.30. The van der Waals surface area contributed by atoms with Gasteiger partial charge < -0.3 is 10.2 Å². The summed E-state index contributed by atoms with van der Waals surface area (Å²) in [4.78, 5) is 22.3. The summed E-state index contributed by atoms with van der Waals surface area (Å²) in [5, 5.41) is 18.2. The Kier molecular flexibility index (Phi) is 5.78. The van der Waals surface area contributed by atoms with E-state index in [1.165, 1.54) is 0 Å². The summed E-state index contributed by atoms with van der Waals surface area (Å²) in [6.07, 6.45) is 1.24. The molecule has 4 heteroatoms. The zero-order chi connectivity index (χ0) is 12.9. The largest absolute Gasteiger partial charge is 0.478 e. The molecule has 0 aliphatic carbocycles. The minimum Gasteiger partial charge on any atom is -0.478 e. The lowest BCUT2D eigenvalue weighted by atomic mass is 9.86. The molecule has 4 nitrogen and oxygen atoms in total. The number of carboxylic acids is 2. The quantitative estimate of drug-likeness (QED) is 0.685. The van der Waals surface area contributed by atoms with E-state index in [0.717, 1.165) is 0 Å². The van der Waals surface area contributed by atoms with E-state index in [1.54, 1.807) is 13.8 Å². The van der Waals surface area contributed by atoms with Crippen LogP contribution in [0.15, 0.2) is 11.1 Å². The number of rotatable bonds is 6. The number of hydrogen-bond donors (Lipinski definition) is 2. The van der Waals surface area contributed by atoms with Gasteiger partial charge in [0.1, 0.15) is 0 Å². The summed E-state index contributed by atoms with van der Waals surface area (Å²) in [5.41, 5.74) is 0.0914. The molecule has 16 heavy (non-hydrogen) atoms. The van der Waals surface area contributed by atoms with Crippen molar-refractivity contribution in [3.05, 3.63) is 11.1 Å². The molecule has 0 aliphatic rings. The van der Waals surface area contributed by atoms with Crippen molar-refractivity contribution in [2.75, 3.05) is 0 Å². The van der Waals surface area contributed by atoms with Gasteiger partial charge in [-0.1, -0.05) is 27.7 Å². The number of hydrogen-bond acceptors (Lipinski definition) is 2. The van der Waals surface area contributed by atoms with E-state index in [-0.39, 0.29) is 23.0 Å². The van der Waals surface area contributed by atoms with Gasteiger partial charge in [-0.05, 0) is 24.7 Å². The third-order valence-electron chi connectivity index (χ3n) is 2.96. The van der Waals surface area contributed by atoms with Crippen LogP contribution >= 0.6 is 0 Å². The minimum absolute atomic E-state index is 0.0457. The smallest absolute Gasteiger partial charge is 0.332 e. The lowest BCUT2D eigenvalue weighted by molar-refractivity contribution is -0.136. The van der Waals surface area contributed by atoms with Gasteiger partial charge in [0.05, 0.1) is 11.1 Å². The highest BCUT2D eigenvalue weighted by Crippen LogP contribution is 2.26. The Labute approximate surface area is 96.0 Å². The van der Waals surface area contributed by atoms with Crippen molar-refractivity contribution < 1.29 is 19.8 Å². The Bertz CT molecular complexity index is 274. The molecular weight excluding hydrogens is 208 g/mol. The van der Waals surface area contributed by atoms with Gasteiger partial charge in [0.2, 0.25) is 0 Å². The molecule has 0 bridgehead atoms. The van der Waals surface area contributed by atoms with Crippen LogP contribution in [0.2, 0.25) is 0 Å². The zero-order valence-corrected chi connectivity index (χ0v) is 10.3. The number of aliphatic carboxylic acids is 2. The number of carbonyl (C=O) groups is 2. The molecule has 0 saturated carbocycles. The predicted octanol–water partition coefficient (Wildman–Crippen LogP) is 2.54. The van der Waals surface area contributed by atoms with Gasteiger partial charge in [-0.15, -0.1) is 0 Å². The molecule has 0 rings (SSSR count). The third-order valence-corrected chi connectivity index (χ3v) is 2.96.